The van der Waals surface area contributed by atoms with Crippen LogP contribution in [0.5, 0.6) is 0 Å². The van der Waals surface area contributed by atoms with Crippen molar-refractivity contribution in [3.63, 3.8) is 0 Å². The maximum Gasteiger partial charge on any atom is 0.102 e. The number of rotatable bonds is 2. The number of ether oxygens (including phenoxy) is 1. The number of hydrogen-bond donors (Lipinski definition) is 0. The van der Waals surface area contributed by atoms with Crippen molar-refractivity contribution in [1.29, 1.82) is 0 Å². The SMILES string of the molecule is CN(c1ccccc1)c1ccc2c(c1)C1C=CC2O1. The predicted octanol–water partition coefficient (Wildman–Crippen LogP) is 4.14. The first-order chi connectivity index (χ1) is 9.33. The Hall–Kier alpha value is -2.06. The lowest BCUT2D eigenvalue weighted by molar-refractivity contribution is 0.0879. The third-order valence-electron chi connectivity index (χ3n) is 3.97. The predicted molar refractivity (Wildman–Crippen MR) is 76.7 cm³/mol. The molecular weight excluding hydrogens is 234 g/mol. The summed E-state index contributed by atoms with van der Waals surface area (Å²) < 4.78 is 5.85. The maximum absolute atomic E-state index is 5.85. The summed E-state index contributed by atoms with van der Waals surface area (Å²) in [5, 5.41) is 0. The third-order valence-corrected chi connectivity index (χ3v) is 3.97. The van der Waals surface area contributed by atoms with Crippen LogP contribution < -0.4 is 4.90 Å². The second kappa shape index (κ2) is 3.97. The fourth-order valence-electron chi connectivity index (χ4n) is 2.88. The first-order valence-corrected chi connectivity index (χ1v) is 6.59. The molecule has 0 radical (unpaired) electrons. The summed E-state index contributed by atoms with van der Waals surface area (Å²) in [6, 6.07) is 17.0. The van der Waals surface area contributed by atoms with Crippen molar-refractivity contribution < 1.29 is 4.74 Å². The first-order valence-electron chi connectivity index (χ1n) is 6.59. The largest absolute Gasteiger partial charge is 0.357 e. The topological polar surface area (TPSA) is 12.5 Å². The summed E-state index contributed by atoms with van der Waals surface area (Å²) in [6.45, 7) is 0. The minimum Gasteiger partial charge on any atom is -0.357 e. The number of nitrogens with zero attached hydrogens (tertiary/aromatic N) is 1. The molecule has 2 unspecified atom stereocenters. The monoisotopic (exact) mass is 249 g/mol. The molecule has 4 rings (SSSR count). The molecule has 19 heavy (non-hydrogen) atoms. The lowest BCUT2D eigenvalue weighted by atomic mass is 9.96. The summed E-state index contributed by atoms with van der Waals surface area (Å²) >= 11 is 0. The van der Waals surface area contributed by atoms with Crippen molar-refractivity contribution in [1.82, 2.24) is 0 Å². The zero-order valence-corrected chi connectivity index (χ0v) is 10.8. The van der Waals surface area contributed by atoms with E-state index in [1.165, 1.54) is 22.5 Å². The molecule has 0 amide bonds. The molecule has 2 aromatic rings. The molecule has 0 aromatic heterocycles. The second-order valence-corrected chi connectivity index (χ2v) is 5.07. The van der Waals surface area contributed by atoms with E-state index in [9.17, 15) is 0 Å². The minimum absolute atomic E-state index is 0.157. The van der Waals surface area contributed by atoms with Gasteiger partial charge in [-0.3, -0.25) is 0 Å². The van der Waals surface area contributed by atoms with Gasteiger partial charge in [0.2, 0.25) is 0 Å². The smallest absolute Gasteiger partial charge is 0.102 e. The maximum atomic E-state index is 5.85. The van der Waals surface area contributed by atoms with Crippen molar-refractivity contribution in [3.05, 3.63) is 71.8 Å². The molecule has 0 aliphatic carbocycles. The van der Waals surface area contributed by atoms with E-state index in [1.54, 1.807) is 0 Å². The number of para-hydroxylation sites is 1. The zero-order chi connectivity index (χ0) is 12.8. The first kappa shape index (κ1) is 10.8. The highest BCUT2D eigenvalue weighted by molar-refractivity contribution is 5.65. The summed E-state index contributed by atoms with van der Waals surface area (Å²) in [5.41, 5.74) is 5.03. The van der Waals surface area contributed by atoms with E-state index in [0.717, 1.165) is 0 Å². The fraction of sp³-hybridized carbons (Fsp3) is 0.176. The van der Waals surface area contributed by atoms with Gasteiger partial charge in [0.25, 0.3) is 0 Å². The Morgan fingerprint density at radius 2 is 1.58 bits per heavy atom. The second-order valence-electron chi connectivity index (χ2n) is 5.07. The molecule has 2 nitrogen and oxygen atoms in total. The van der Waals surface area contributed by atoms with E-state index in [-0.39, 0.29) is 12.2 Å². The molecule has 2 heterocycles. The van der Waals surface area contributed by atoms with Gasteiger partial charge in [-0.25, -0.2) is 0 Å². The van der Waals surface area contributed by atoms with Crippen LogP contribution in [0.2, 0.25) is 0 Å². The quantitative estimate of drug-likeness (QED) is 0.742. The van der Waals surface area contributed by atoms with Gasteiger partial charge in [0.1, 0.15) is 12.2 Å². The molecule has 2 heteroatoms. The molecule has 2 aromatic carbocycles. The summed E-state index contributed by atoms with van der Waals surface area (Å²) in [5.74, 6) is 0. The van der Waals surface area contributed by atoms with Crippen LogP contribution in [0, 0.1) is 0 Å². The molecule has 0 fully saturated rings. The Morgan fingerprint density at radius 3 is 2.37 bits per heavy atom. The van der Waals surface area contributed by atoms with Gasteiger partial charge in [0, 0.05) is 18.4 Å². The molecule has 0 saturated heterocycles. The number of fused-ring (bicyclic) bond motifs is 5. The van der Waals surface area contributed by atoms with Gasteiger partial charge in [-0.15, -0.1) is 0 Å². The van der Waals surface area contributed by atoms with Gasteiger partial charge in [-0.2, -0.15) is 0 Å². The number of benzene rings is 2. The van der Waals surface area contributed by atoms with Crippen LogP contribution in [-0.2, 0) is 4.74 Å². The van der Waals surface area contributed by atoms with Crippen LogP contribution in [0.1, 0.15) is 23.3 Å². The lowest BCUT2D eigenvalue weighted by Gasteiger charge is -2.21. The number of hydrogen-bond acceptors (Lipinski definition) is 2. The lowest BCUT2D eigenvalue weighted by Crippen LogP contribution is -2.10. The van der Waals surface area contributed by atoms with Crippen LogP contribution in [0.25, 0.3) is 0 Å². The normalized spacial score (nSPS) is 22.6. The molecule has 2 aliphatic rings. The Morgan fingerprint density at radius 1 is 0.842 bits per heavy atom. The Kier molecular flexibility index (Phi) is 2.26. The summed E-state index contributed by atoms with van der Waals surface area (Å²) in [7, 11) is 2.10. The van der Waals surface area contributed by atoms with Crippen LogP contribution in [0.4, 0.5) is 11.4 Å². The van der Waals surface area contributed by atoms with Crippen LogP contribution in [0.3, 0.4) is 0 Å². The highest BCUT2D eigenvalue weighted by atomic mass is 16.5. The van der Waals surface area contributed by atoms with Gasteiger partial charge >= 0.3 is 0 Å². The molecule has 0 saturated carbocycles. The van der Waals surface area contributed by atoms with Crippen LogP contribution in [0.15, 0.2) is 60.7 Å². The molecule has 0 N–H and O–H groups in total. The Labute approximate surface area is 112 Å². The molecule has 2 bridgehead atoms. The molecule has 2 atom stereocenters. The van der Waals surface area contributed by atoms with Crippen molar-refractivity contribution in [2.75, 3.05) is 11.9 Å². The standard InChI is InChI=1S/C17H15NO/c1-18(12-5-3-2-4-6-12)13-7-8-14-15(11-13)17-10-9-16(14)19-17/h2-11,16-17H,1H3. The molecule has 94 valence electrons. The summed E-state index contributed by atoms with van der Waals surface area (Å²) in [4.78, 5) is 2.20. The van der Waals surface area contributed by atoms with Crippen molar-refractivity contribution in [3.8, 4) is 0 Å². The third kappa shape index (κ3) is 1.60. The van der Waals surface area contributed by atoms with E-state index in [1.807, 2.05) is 6.07 Å². The fourth-order valence-corrected chi connectivity index (χ4v) is 2.88. The van der Waals surface area contributed by atoms with E-state index >= 15 is 0 Å². The van der Waals surface area contributed by atoms with Crippen LogP contribution in [-0.4, -0.2) is 7.05 Å². The minimum atomic E-state index is 0.157. The number of anilines is 2. The average Bonchev–Trinajstić information content (AvgIpc) is 3.09. The molecule has 2 aliphatic heterocycles. The summed E-state index contributed by atoms with van der Waals surface area (Å²) in [6.07, 6.45) is 4.63. The zero-order valence-electron chi connectivity index (χ0n) is 10.8. The van der Waals surface area contributed by atoms with Crippen LogP contribution >= 0.6 is 0 Å². The highest BCUT2D eigenvalue weighted by Gasteiger charge is 2.33. The Balaban J connectivity index is 1.73. The van der Waals surface area contributed by atoms with E-state index in [2.05, 4.69) is 66.6 Å². The van der Waals surface area contributed by atoms with Gasteiger partial charge in [-0.1, -0.05) is 36.4 Å². The molecular formula is C17H15NO. The highest BCUT2D eigenvalue weighted by Crippen LogP contribution is 2.47. The van der Waals surface area contributed by atoms with Crippen molar-refractivity contribution in [2.45, 2.75) is 12.2 Å². The van der Waals surface area contributed by atoms with Gasteiger partial charge in [-0.05, 0) is 35.4 Å². The van der Waals surface area contributed by atoms with Gasteiger partial charge in [0.15, 0.2) is 0 Å². The Bertz CT molecular complexity index is 648. The van der Waals surface area contributed by atoms with Crippen molar-refractivity contribution >= 4 is 11.4 Å². The van der Waals surface area contributed by atoms with Gasteiger partial charge in [0.05, 0.1) is 0 Å². The van der Waals surface area contributed by atoms with Crippen molar-refractivity contribution in [2.24, 2.45) is 0 Å². The molecule has 0 spiro atoms. The average molecular weight is 249 g/mol. The van der Waals surface area contributed by atoms with E-state index in [0.29, 0.717) is 0 Å². The van der Waals surface area contributed by atoms with E-state index in [4.69, 9.17) is 4.74 Å². The van der Waals surface area contributed by atoms with Gasteiger partial charge < -0.3 is 9.64 Å². The van der Waals surface area contributed by atoms with E-state index < -0.39 is 0 Å².